The third kappa shape index (κ3) is 3.14. The average molecular weight is 276 g/mol. The molecule has 20 heavy (non-hydrogen) atoms. The summed E-state index contributed by atoms with van der Waals surface area (Å²) < 4.78 is 25.3. The van der Waals surface area contributed by atoms with Crippen molar-refractivity contribution < 1.29 is 13.9 Å². The van der Waals surface area contributed by atoms with E-state index in [1.165, 1.54) is 19.3 Å². The van der Waals surface area contributed by atoms with Gasteiger partial charge in [0.1, 0.15) is 12.4 Å². The molecule has 3 rings (SSSR count). The minimum atomic E-state index is -0.294. The van der Waals surface area contributed by atoms with E-state index in [1.54, 1.807) is 19.1 Å². The highest BCUT2D eigenvalue weighted by atomic mass is 19.1. The van der Waals surface area contributed by atoms with Crippen molar-refractivity contribution in [3.05, 3.63) is 35.7 Å². The fourth-order valence-electron chi connectivity index (χ4n) is 2.27. The molecule has 0 aromatic heterocycles. The Morgan fingerprint density at radius 2 is 1.95 bits per heavy atom. The molecule has 3 heteroatoms. The third-order valence-corrected chi connectivity index (χ3v) is 4.01. The lowest BCUT2D eigenvalue weighted by atomic mass is 9.85. The fraction of sp³-hybridized carbons (Fsp3) is 0.529. The maximum atomic E-state index is 14.1. The van der Waals surface area contributed by atoms with Crippen LogP contribution in [0.4, 0.5) is 4.39 Å². The lowest BCUT2D eigenvalue weighted by Gasteiger charge is -2.21. The van der Waals surface area contributed by atoms with E-state index in [4.69, 9.17) is 9.47 Å². The van der Waals surface area contributed by atoms with Gasteiger partial charge < -0.3 is 9.47 Å². The molecule has 2 saturated carbocycles. The van der Waals surface area contributed by atoms with Crippen LogP contribution in [0.15, 0.2) is 24.3 Å². The Balaban J connectivity index is 1.57. The van der Waals surface area contributed by atoms with Crippen LogP contribution in [0.25, 0.3) is 0 Å². The standard InChI is InChI=1S/C17H21FO2/c1-12-15(19-11-3-6-13-4-2-5-13)9-10-16(17(12)18)20-14-7-8-14/h3,6,9-10,13-14H,2,4-5,7-8,11H2,1H3/b6-3+. The zero-order valence-corrected chi connectivity index (χ0v) is 11.9. The van der Waals surface area contributed by atoms with Crippen molar-refractivity contribution in [2.75, 3.05) is 6.61 Å². The van der Waals surface area contributed by atoms with E-state index < -0.39 is 0 Å². The number of rotatable bonds is 6. The first kappa shape index (κ1) is 13.5. The summed E-state index contributed by atoms with van der Waals surface area (Å²) in [4.78, 5) is 0. The monoisotopic (exact) mass is 276 g/mol. The zero-order chi connectivity index (χ0) is 13.9. The van der Waals surface area contributed by atoms with Crippen LogP contribution in [-0.4, -0.2) is 12.7 Å². The summed E-state index contributed by atoms with van der Waals surface area (Å²) in [6.45, 7) is 2.24. The molecule has 0 atom stereocenters. The lowest BCUT2D eigenvalue weighted by Crippen LogP contribution is -2.08. The van der Waals surface area contributed by atoms with Crippen molar-refractivity contribution in [3.8, 4) is 11.5 Å². The summed E-state index contributed by atoms with van der Waals surface area (Å²) in [6, 6.07) is 3.47. The van der Waals surface area contributed by atoms with Gasteiger partial charge in [-0.3, -0.25) is 0 Å². The molecule has 0 unspecified atom stereocenters. The SMILES string of the molecule is Cc1c(OC/C=C/C2CCC2)ccc(OC2CC2)c1F. The zero-order valence-electron chi connectivity index (χ0n) is 11.9. The predicted molar refractivity (Wildman–Crippen MR) is 76.8 cm³/mol. The van der Waals surface area contributed by atoms with Crippen molar-refractivity contribution in [2.24, 2.45) is 5.92 Å². The quantitative estimate of drug-likeness (QED) is 0.716. The van der Waals surface area contributed by atoms with Crippen molar-refractivity contribution in [1.82, 2.24) is 0 Å². The topological polar surface area (TPSA) is 18.5 Å². The summed E-state index contributed by atoms with van der Waals surface area (Å²) >= 11 is 0. The van der Waals surface area contributed by atoms with Crippen molar-refractivity contribution in [3.63, 3.8) is 0 Å². The summed E-state index contributed by atoms with van der Waals surface area (Å²) in [5, 5.41) is 0. The van der Waals surface area contributed by atoms with E-state index >= 15 is 0 Å². The van der Waals surface area contributed by atoms with E-state index in [2.05, 4.69) is 6.08 Å². The molecule has 0 saturated heterocycles. The molecule has 108 valence electrons. The number of halogens is 1. The minimum Gasteiger partial charge on any atom is -0.489 e. The van der Waals surface area contributed by atoms with Gasteiger partial charge in [0, 0.05) is 5.56 Å². The Kier molecular flexibility index (Phi) is 3.95. The van der Waals surface area contributed by atoms with Gasteiger partial charge in [0.05, 0.1) is 6.10 Å². The average Bonchev–Trinajstić information content (AvgIpc) is 3.19. The van der Waals surface area contributed by atoms with E-state index in [1.807, 2.05) is 6.08 Å². The Morgan fingerprint density at radius 1 is 1.20 bits per heavy atom. The van der Waals surface area contributed by atoms with Gasteiger partial charge in [0.2, 0.25) is 0 Å². The Labute approximate surface area is 119 Å². The number of benzene rings is 1. The maximum Gasteiger partial charge on any atom is 0.171 e. The van der Waals surface area contributed by atoms with Gasteiger partial charge in [-0.2, -0.15) is 0 Å². The molecule has 0 amide bonds. The molecule has 2 aliphatic carbocycles. The van der Waals surface area contributed by atoms with Crippen molar-refractivity contribution in [2.45, 2.75) is 45.1 Å². The molecule has 0 bridgehead atoms. The van der Waals surface area contributed by atoms with Gasteiger partial charge in [0.25, 0.3) is 0 Å². The van der Waals surface area contributed by atoms with Crippen LogP contribution in [0.2, 0.25) is 0 Å². The molecule has 0 aliphatic heterocycles. The third-order valence-electron chi connectivity index (χ3n) is 4.01. The van der Waals surface area contributed by atoms with Gasteiger partial charge >= 0.3 is 0 Å². The van der Waals surface area contributed by atoms with Crippen molar-refractivity contribution in [1.29, 1.82) is 0 Å². The van der Waals surface area contributed by atoms with Crippen LogP contribution in [0.5, 0.6) is 11.5 Å². The highest BCUT2D eigenvalue weighted by Gasteiger charge is 2.25. The first-order valence-electron chi connectivity index (χ1n) is 7.49. The first-order chi connectivity index (χ1) is 9.74. The van der Waals surface area contributed by atoms with Crippen LogP contribution >= 0.6 is 0 Å². The van der Waals surface area contributed by atoms with E-state index in [0.717, 1.165) is 18.8 Å². The molecular weight excluding hydrogens is 255 g/mol. The molecule has 0 radical (unpaired) electrons. The van der Waals surface area contributed by atoms with Gasteiger partial charge in [-0.25, -0.2) is 4.39 Å². The summed E-state index contributed by atoms with van der Waals surface area (Å²) in [5.41, 5.74) is 0.528. The first-order valence-corrected chi connectivity index (χ1v) is 7.49. The highest BCUT2D eigenvalue weighted by molar-refractivity contribution is 5.41. The Hall–Kier alpha value is -1.51. The molecule has 1 aromatic rings. The number of ether oxygens (including phenoxy) is 2. The number of hydrogen-bond donors (Lipinski definition) is 0. The van der Waals surface area contributed by atoms with Gasteiger partial charge in [-0.1, -0.05) is 18.6 Å². The molecule has 1 aromatic carbocycles. The van der Waals surface area contributed by atoms with Gasteiger partial charge in [-0.05, 0) is 50.7 Å². The minimum absolute atomic E-state index is 0.209. The second-order valence-corrected chi connectivity index (χ2v) is 5.75. The second-order valence-electron chi connectivity index (χ2n) is 5.75. The van der Waals surface area contributed by atoms with Crippen LogP contribution in [-0.2, 0) is 0 Å². The van der Waals surface area contributed by atoms with Crippen LogP contribution in [0, 0.1) is 18.7 Å². The Morgan fingerprint density at radius 3 is 2.60 bits per heavy atom. The summed E-state index contributed by atoms with van der Waals surface area (Å²) in [5.74, 6) is 1.38. The molecule has 2 aliphatic rings. The van der Waals surface area contributed by atoms with E-state index in [-0.39, 0.29) is 11.9 Å². The predicted octanol–water partition coefficient (Wildman–Crippen LogP) is 4.41. The van der Waals surface area contributed by atoms with Crippen molar-refractivity contribution >= 4 is 0 Å². The van der Waals surface area contributed by atoms with Crippen LogP contribution in [0.3, 0.4) is 0 Å². The highest BCUT2D eigenvalue weighted by Crippen LogP contribution is 2.33. The van der Waals surface area contributed by atoms with Gasteiger partial charge in [-0.15, -0.1) is 0 Å². The largest absolute Gasteiger partial charge is 0.489 e. The molecule has 0 heterocycles. The number of allylic oxidation sites excluding steroid dienone is 1. The van der Waals surface area contributed by atoms with Crippen LogP contribution < -0.4 is 9.47 Å². The smallest absolute Gasteiger partial charge is 0.171 e. The van der Waals surface area contributed by atoms with E-state index in [0.29, 0.717) is 23.7 Å². The second kappa shape index (κ2) is 5.86. The van der Waals surface area contributed by atoms with E-state index in [9.17, 15) is 4.39 Å². The van der Waals surface area contributed by atoms with Crippen LogP contribution in [0.1, 0.15) is 37.7 Å². The Bertz CT molecular complexity index is 502. The molecule has 2 fully saturated rings. The summed E-state index contributed by atoms with van der Waals surface area (Å²) in [7, 11) is 0. The van der Waals surface area contributed by atoms with Gasteiger partial charge in [0.15, 0.2) is 11.6 Å². The number of hydrogen-bond acceptors (Lipinski definition) is 2. The molecule has 2 nitrogen and oxygen atoms in total. The molecule has 0 N–H and O–H groups in total. The summed E-state index contributed by atoms with van der Waals surface area (Å²) in [6.07, 6.45) is 10.4. The maximum absolute atomic E-state index is 14.1. The normalized spacial score (nSPS) is 19.1. The fourth-order valence-corrected chi connectivity index (χ4v) is 2.27. The molecule has 0 spiro atoms. The molecular formula is C17H21FO2. The lowest BCUT2D eigenvalue weighted by molar-refractivity contribution is 0.284.